The summed E-state index contributed by atoms with van der Waals surface area (Å²) in [6, 6.07) is 0. The Kier molecular flexibility index (Phi) is 4.50. The molecule has 1 aliphatic rings. The van der Waals surface area contributed by atoms with Crippen molar-refractivity contribution in [3.63, 3.8) is 0 Å². The van der Waals surface area contributed by atoms with Gasteiger partial charge < -0.3 is 9.47 Å². The second-order valence-electron chi connectivity index (χ2n) is 6.54. The average Bonchev–Trinajstić information content (AvgIpc) is 3.29. The van der Waals surface area contributed by atoms with E-state index in [1.165, 1.54) is 11.3 Å². The molecule has 1 atom stereocenters. The SMILES string of the molecule is Cc1ncsc1C(=O)N1CCC[C@H](c2nccnc2-c2cncn2C)C1. The van der Waals surface area contributed by atoms with Crippen LogP contribution < -0.4 is 0 Å². The minimum absolute atomic E-state index is 0.0701. The van der Waals surface area contributed by atoms with E-state index in [-0.39, 0.29) is 11.8 Å². The molecule has 1 fully saturated rings. The fraction of sp³-hybridized carbons (Fsp3) is 0.389. The molecule has 7 nitrogen and oxygen atoms in total. The summed E-state index contributed by atoms with van der Waals surface area (Å²) in [5, 5.41) is 0. The van der Waals surface area contributed by atoms with Crippen molar-refractivity contribution in [2.24, 2.45) is 7.05 Å². The molecule has 3 aromatic heterocycles. The molecule has 26 heavy (non-hydrogen) atoms. The number of amides is 1. The summed E-state index contributed by atoms with van der Waals surface area (Å²) >= 11 is 1.41. The normalized spacial score (nSPS) is 17.5. The molecule has 0 radical (unpaired) electrons. The molecule has 4 rings (SSSR count). The molecule has 0 spiro atoms. The number of hydrogen-bond donors (Lipinski definition) is 0. The zero-order valence-corrected chi connectivity index (χ0v) is 15.6. The van der Waals surface area contributed by atoms with E-state index in [4.69, 9.17) is 0 Å². The van der Waals surface area contributed by atoms with E-state index in [0.717, 1.165) is 47.0 Å². The number of imidazole rings is 1. The van der Waals surface area contributed by atoms with Crippen molar-refractivity contribution in [2.45, 2.75) is 25.7 Å². The number of carbonyl (C=O) groups is 1. The number of nitrogens with zero attached hydrogens (tertiary/aromatic N) is 6. The van der Waals surface area contributed by atoms with Gasteiger partial charge in [0.15, 0.2) is 0 Å². The van der Waals surface area contributed by atoms with Crippen LogP contribution in [0.4, 0.5) is 0 Å². The Labute approximate surface area is 155 Å². The van der Waals surface area contributed by atoms with Crippen molar-refractivity contribution in [3.05, 3.63) is 46.7 Å². The van der Waals surface area contributed by atoms with Crippen molar-refractivity contribution in [1.82, 2.24) is 29.4 Å². The molecule has 0 bridgehead atoms. The largest absolute Gasteiger partial charge is 0.337 e. The number of aryl methyl sites for hydroxylation is 2. The Morgan fingerprint density at radius 1 is 1.27 bits per heavy atom. The molecule has 8 heteroatoms. The zero-order chi connectivity index (χ0) is 18.1. The van der Waals surface area contributed by atoms with E-state index >= 15 is 0 Å². The third-order valence-corrected chi connectivity index (χ3v) is 5.74. The molecule has 1 saturated heterocycles. The highest BCUT2D eigenvalue weighted by Crippen LogP contribution is 2.32. The van der Waals surface area contributed by atoms with Crippen LogP contribution in [0.2, 0.25) is 0 Å². The van der Waals surface area contributed by atoms with Crippen molar-refractivity contribution in [1.29, 1.82) is 0 Å². The number of thiazole rings is 1. The molecular weight excluding hydrogens is 348 g/mol. The van der Waals surface area contributed by atoms with Gasteiger partial charge >= 0.3 is 0 Å². The molecule has 0 aromatic carbocycles. The summed E-state index contributed by atoms with van der Waals surface area (Å²) in [7, 11) is 1.95. The van der Waals surface area contributed by atoms with Gasteiger partial charge in [-0.1, -0.05) is 0 Å². The summed E-state index contributed by atoms with van der Waals surface area (Å²) < 4.78 is 1.94. The van der Waals surface area contributed by atoms with Gasteiger partial charge in [-0.2, -0.15) is 0 Å². The molecule has 0 unspecified atom stereocenters. The van der Waals surface area contributed by atoms with Gasteiger partial charge in [-0.15, -0.1) is 11.3 Å². The van der Waals surface area contributed by atoms with Gasteiger partial charge in [-0.05, 0) is 19.8 Å². The Morgan fingerprint density at radius 2 is 2.12 bits per heavy atom. The van der Waals surface area contributed by atoms with Crippen LogP contribution in [0.25, 0.3) is 11.4 Å². The van der Waals surface area contributed by atoms with Crippen LogP contribution in [0.5, 0.6) is 0 Å². The third-order valence-electron chi connectivity index (χ3n) is 4.82. The quantitative estimate of drug-likeness (QED) is 0.710. The lowest BCUT2D eigenvalue weighted by Gasteiger charge is -2.32. The lowest BCUT2D eigenvalue weighted by molar-refractivity contribution is 0.0710. The topological polar surface area (TPSA) is 76.8 Å². The van der Waals surface area contributed by atoms with Gasteiger partial charge in [0.2, 0.25) is 0 Å². The van der Waals surface area contributed by atoms with Crippen molar-refractivity contribution < 1.29 is 4.79 Å². The van der Waals surface area contributed by atoms with Crippen LogP contribution in [0.1, 0.15) is 39.8 Å². The Hall–Kier alpha value is -2.61. The van der Waals surface area contributed by atoms with E-state index in [1.807, 2.05) is 23.4 Å². The van der Waals surface area contributed by atoms with Gasteiger partial charge in [-0.3, -0.25) is 14.8 Å². The van der Waals surface area contributed by atoms with Crippen LogP contribution in [-0.4, -0.2) is 48.4 Å². The molecule has 0 N–H and O–H groups in total. The average molecular weight is 368 g/mol. The van der Waals surface area contributed by atoms with Crippen LogP contribution in [0.15, 0.2) is 30.4 Å². The molecule has 0 saturated carbocycles. The second kappa shape index (κ2) is 6.95. The van der Waals surface area contributed by atoms with E-state index in [9.17, 15) is 4.79 Å². The Morgan fingerprint density at radius 3 is 2.85 bits per heavy atom. The number of carbonyl (C=O) groups excluding carboxylic acids is 1. The van der Waals surface area contributed by atoms with Gasteiger partial charge in [-0.25, -0.2) is 9.97 Å². The number of likely N-dealkylation sites (tertiary alicyclic amines) is 1. The first kappa shape index (κ1) is 16.8. The monoisotopic (exact) mass is 368 g/mol. The minimum Gasteiger partial charge on any atom is -0.337 e. The summed E-state index contributed by atoms with van der Waals surface area (Å²) in [5.74, 6) is 0.236. The first-order valence-corrected chi connectivity index (χ1v) is 9.50. The van der Waals surface area contributed by atoms with Crippen molar-refractivity contribution >= 4 is 17.2 Å². The highest BCUT2D eigenvalue weighted by atomic mass is 32.1. The highest BCUT2D eigenvalue weighted by Gasteiger charge is 2.30. The number of hydrogen-bond acceptors (Lipinski definition) is 6. The lowest BCUT2D eigenvalue weighted by atomic mass is 9.92. The molecule has 0 aliphatic carbocycles. The highest BCUT2D eigenvalue weighted by molar-refractivity contribution is 7.11. The maximum atomic E-state index is 12.9. The first-order valence-electron chi connectivity index (χ1n) is 8.62. The number of aromatic nitrogens is 5. The first-order chi connectivity index (χ1) is 12.6. The van der Waals surface area contributed by atoms with Gasteiger partial charge in [0.05, 0.1) is 35.1 Å². The smallest absolute Gasteiger partial charge is 0.265 e. The third kappa shape index (κ3) is 3.01. The summed E-state index contributed by atoms with van der Waals surface area (Å²) in [6.45, 7) is 3.31. The molecule has 3 aromatic rings. The summed E-state index contributed by atoms with van der Waals surface area (Å²) in [5.41, 5.74) is 5.26. The number of piperidine rings is 1. The minimum atomic E-state index is 0.0701. The van der Waals surface area contributed by atoms with E-state index < -0.39 is 0 Å². The second-order valence-corrected chi connectivity index (χ2v) is 7.39. The zero-order valence-electron chi connectivity index (χ0n) is 14.8. The van der Waals surface area contributed by atoms with Gasteiger partial charge in [0.1, 0.15) is 10.6 Å². The molecule has 1 aliphatic heterocycles. The van der Waals surface area contributed by atoms with Crippen molar-refractivity contribution in [3.8, 4) is 11.4 Å². The molecule has 134 valence electrons. The van der Waals surface area contributed by atoms with Gasteiger partial charge in [0.25, 0.3) is 5.91 Å². The van der Waals surface area contributed by atoms with Crippen LogP contribution >= 0.6 is 11.3 Å². The Bertz CT molecular complexity index is 933. The summed E-state index contributed by atoms with van der Waals surface area (Å²) in [4.78, 5) is 33.1. The fourth-order valence-corrected chi connectivity index (χ4v) is 4.24. The Balaban J connectivity index is 1.62. The molecule has 4 heterocycles. The standard InChI is InChI=1S/C18H20N6OS/c1-12-17(26-11-22-12)18(25)24-7-3-4-13(9-24)15-16(21-6-5-20-15)14-8-19-10-23(14)2/h5-6,8,10-11,13H,3-4,7,9H2,1-2H3/t13-/m0/s1. The van der Waals surface area contributed by atoms with E-state index in [2.05, 4.69) is 19.9 Å². The van der Waals surface area contributed by atoms with Gasteiger partial charge in [0, 0.05) is 38.4 Å². The lowest BCUT2D eigenvalue weighted by Crippen LogP contribution is -2.39. The predicted molar refractivity (Wildman–Crippen MR) is 99.0 cm³/mol. The van der Waals surface area contributed by atoms with Crippen molar-refractivity contribution in [2.75, 3.05) is 13.1 Å². The number of rotatable bonds is 3. The van der Waals surface area contributed by atoms with Crippen LogP contribution in [0.3, 0.4) is 0 Å². The maximum absolute atomic E-state index is 12.9. The van der Waals surface area contributed by atoms with E-state index in [0.29, 0.717) is 6.54 Å². The molecular formula is C18H20N6OS. The predicted octanol–water partition coefficient (Wildman–Crippen LogP) is 2.66. The summed E-state index contributed by atoms with van der Waals surface area (Å²) in [6.07, 6.45) is 8.95. The molecule has 1 amide bonds. The van der Waals surface area contributed by atoms with Crippen LogP contribution in [0, 0.1) is 6.92 Å². The fourth-order valence-electron chi connectivity index (χ4n) is 3.47. The van der Waals surface area contributed by atoms with E-state index in [1.54, 1.807) is 30.4 Å². The van der Waals surface area contributed by atoms with Crippen LogP contribution in [-0.2, 0) is 7.05 Å². The maximum Gasteiger partial charge on any atom is 0.265 e.